The monoisotopic (exact) mass is 498 g/mol. The maximum atomic E-state index is 13.1. The van der Waals surface area contributed by atoms with Gasteiger partial charge in [-0.25, -0.2) is 4.98 Å². The van der Waals surface area contributed by atoms with Gasteiger partial charge in [-0.1, -0.05) is 31.2 Å². The zero-order valence-corrected chi connectivity index (χ0v) is 21.7. The van der Waals surface area contributed by atoms with E-state index < -0.39 is 0 Å². The smallest absolute Gasteiger partial charge is 0.270 e. The zero-order valence-electron chi connectivity index (χ0n) is 21.7. The summed E-state index contributed by atoms with van der Waals surface area (Å²) >= 11 is 0. The fraction of sp³-hybridized carbons (Fsp3) is 0.333. The predicted octanol–water partition coefficient (Wildman–Crippen LogP) is 5.23. The number of benzene rings is 2. The Morgan fingerprint density at radius 3 is 2.38 bits per heavy atom. The number of nitrogens with one attached hydrogen (secondary N) is 1. The van der Waals surface area contributed by atoms with Gasteiger partial charge in [-0.05, 0) is 72.7 Å². The first kappa shape index (κ1) is 24.7. The van der Waals surface area contributed by atoms with Gasteiger partial charge in [0, 0.05) is 31.5 Å². The third kappa shape index (κ3) is 5.12. The highest BCUT2D eigenvalue weighted by molar-refractivity contribution is 5.95. The zero-order chi connectivity index (χ0) is 25.8. The lowest BCUT2D eigenvalue weighted by Crippen LogP contribution is -2.32. The molecule has 3 heterocycles. The molecule has 37 heavy (non-hydrogen) atoms. The molecule has 1 amide bonds. The number of hydrogen-bond acceptors (Lipinski definition) is 5. The molecular formula is C30H34N4O3. The summed E-state index contributed by atoms with van der Waals surface area (Å²) in [6.45, 7) is 4.53. The molecule has 0 aliphatic carbocycles. The summed E-state index contributed by atoms with van der Waals surface area (Å²) in [5.41, 5.74) is 5.66. The van der Waals surface area contributed by atoms with Gasteiger partial charge in [-0.3, -0.25) is 9.20 Å². The van der Waals surface area contributed by atoms with Crippen LogP contribution in [0.2, 0.25) is 0 Å². The molecule has 1 fully saturated rings. The van der Waals surface area contributed by atoms with Crippen LogP contribution in [0.5, 0.6) is 11.5 Å². The number of rotatable bonds is 8. The number of aromatic nitrogens is 2. The summed E-state index contributed by atoms with van der Waals surface area (Å²) in [5, 5.41) is 3.07. The van der Waals surface area contributed by atoms with Gasteiger partial charge in [0.25, 0.3) is 5.91 Å². The van der Waals surface area contributed by atoms with Crippen LogP contribution in [0.4, 0.5) is 5.69 Å². The van der Waals surface area contributed by atoms with Gasteiger partial charge < -0.3 is 19.7 Å². The number of imidazole rings is 1. The Morgan fingerprint density at radius 2 is 1.73 bits per heavy atom. The van der Waals surface area contributed by atoms with Gasteiger partial charge >= 0.3 is 0 Å². The van der Waals surface area contributed by atoms with E-state index in [1.807, 2.05) is 29.7 Å². The van der Waals surface area contributed by atoms with Crippen molar-refractivity contribution in [1.82, 2.24) is 14.7 Å². The molecule has 2 aromatic heterocycles. The van der Waals surface area contributed by atoms with E-state index in [0.717, 1.165) is 42.9 Å². The molecule has 1 N–H and O–H groups in total. The Kier molecular flexibility index (Phi) is 7.30. The Balaban J connectivity index is 1.19. The van der Waals surface area contributed by atoms with Crippen molar-refractivity contribution >= 4 is 17.2 Å². The molecule has 1 aliphatic heterocycles. The van der Waals surface area contributed by atoms with Crippen LogP contribution in [-0.4, -0.2) is 42.6 Å². The quantitative estimate of drug-likeness (QED) is 0.360. The summed E-state index contributed by atoms with van der Waals surface area (Å²) in [7, 11) is 3.32. The summed E-state index contributed by atoms with van der Waals surface area (Å²) in [5.74, 6) is 2.01. The molecule has 192 valence electrons. The first-order chi connectivity index (χ1) is 18.1. The second-order valence-electron chi connectivity index (χ2n) is 9.41. The lowest BCUT2D eigenvalue weighted by molar-refractivity contribution is 0.0944. The normalized spacial score (nSPS) is 14.1. The minimum absolute atomic E-state index is 0.137. The summed E-state index contributed by atoms with van der Waals surface area (Å²) in [6.07, 6.45) is 4.78. The van der Waals surface area contributed by atoms with Crippen LogP contribution < -0.4 is 19.7 Å². The minimum Gasteiger partial charge on any atom is -0.497 e. The van der Waals surface area contributed by atoms with Crippen molar-refractivity contribution in [2.45, 2.75) is 38.6 Å². The molecule has 7 nitrogen and oxygen atoms in total. The number of aryl methyl sites for hydroxylation is 1. The predicted molar refractivity (Wildman–Crippen MR) is 146 cm³/mol. The first-order valence-corrected chi connectivity index (χ1v) is 12.9. The van der Waals surface area contributed by atoms with Crippen molar-refractivity contribution in [2.75, 3.05) is 32.2 Å². The third-order valence-electron chi connectivity index (χ3n) is 7.29. The lowest BCUT2D eigenvalue weighted by atomic mass is 9.89. The van der Waals surface area contributed by atoms with Gasteiger partial charge in [0.05, 0.1) is 19.9 Å². The standard InChI is InChI=1S/C30H34N4O3/c1-4-26-28(34-17-5-6-27(37-3)29(34)32-26)30(35)31-20-21-7-11-24(12-8-21)33-18-15-23(16-19-33)22-9-13-25(36-2)14-10-22/h5-14,17,23H,4,15-16,18-20H2,1-3H3,(H,31,35). The van der Waals surface area contributed by atoms with Crippen LogP contribution in [-0.2, 0) is 13.0 Å². The number of amides is 1. The molecule has 2 aromatic carbocycles. The highest BCUT2D eigenvalue weighted by Gasteiger charge is 2.22. The number of piperidine rings is 1. The third-order valence-corrected chi connectivity index (χ3v) is 7.29. The average Bonchev–Trinajstić information content (AvgIpc) is 3.35. The van der Waals surface area contributed by atoms with Crippen molar-refractivity contribution in [3.05, 3.63) is 89.4 Å². The van der Waals surface area contributed by atoms with E-state index in [1.165, 1.54) is 11.3 Å². The maximum absolute atomic E-state index is 13.1. The number of carbonyl (C=O) groups excluding carboxylic acids is 1. The number of fused-ring (bicyclic) bond motifs is 1. The molecule has 5 rings (SSSR count). The minimum atomic E-state index is -0.137. The Hall–Kier alpha value is -4.00. The second kappa shape index (κ2) is 10.9. The van der Waals surface area contributed by atoms with Crippen LogP contribution in [0.1, 0.15) is 53.0 Å². The lowest BCUT2D eigenvalue weighted by Gasteiger charge is -2.34. The fourth-order valence-corrected chi connectivity index (χ4v) is 5.17. The van der Waals surface area contributed by atoms with E-state index in [9.17, 15) is 4.79 Å². The first-order valence-electron chi connectivity index (χ1n) is 12.9. The number of ether oxygens (including phenoxy) is 2. The highest BCUT2D eigenvalue weighted by Crippen LogP contribution is 2.31. The largest absolute Gasteiger partial charge is 0.497 e. The molecular weight excluding hydrogens is 464 g/mol. The van der Waals surface area contributed by atoms with Crippen LogP contribution in [0, 0.1) is 0 Å². The topological polar surface area (TPSA) is 68.1 Å². The fourth-order valence-electron chi connectivity index (χ4n) is 5.17. The number of carbonyl (C=O) groups is 1. The van der Waals surface area contributed by atoms with Crippen molar-refractivity contribution in [2.24, 2.45) is 0 Å². The van der Waals surface area contributed by atoms with E-state index >= 15 is 0 Å². The Labute approximate surface area is 218 Å². The molecule has 0 bridgehead atoms. The van der Waals surface area contributed by atoms with E-state index in [0.29, 0.717) is 36.0 Å². The number of hydrogen-bond donors (Lipinski definition) is 1. The molecule has 0 radical (unpaired) electrons. The molecule has 7 heteroatoms. The highest BCUT2D eigenvalue weighted by atomic mass is 16.5. The van der Waals surface area contributed by atoms with Crippen LogP contribution in [0.3, 0.4) is 0 Å². The summed E-state index contributed by atoms with van der Waals surface area (Å²) in [4.78, 5) is 20.2. The van der Waals surface area contributed by atoms with E-state index in [2.05, 4.69) is 63.7 Å². The Morgan fingerprint density at radius 1 is 1.00 bits per heavy atom. The van der Waals surface area contributed by atoms with E-state index in [1.54, 1.807) is 14.2 Å². The van der Waals surface area contributed by atoms with Crippen molar-refractivity contribution < 1.29 is 14.3 Å². The van der Waals surface area contributed by atoms with Crippen molar-refractivity contribution in [3.8, 4) is 11.5 Å². The van der Waals surface area contributed by atoms with Gasteiger partial charge in [0.2, 0.25) is 0 Å². The molecule has 0 saturated carbocycles. The molecule has 0 spiro atoms. The van der Waals surface area contributed by atoms with Crippen molar-refractivity contribution in [3.63, 3.8) is 0 Å². The van der Waals surface area contributed by atoms with E-state index in [4.69, 9.17) is 9.47 Å². The van der Waals surface area contributed by atoms with Gasteiger partial charge in [0.1, 0.15) is 11.4 Å². The summed E-state index contributed by atoms with van der Waals surface area (Å²) in [6, 6.07) is 20.7. The number of nitrogens with zero attached hydrogens (tertiary/aromatic N) is 3. The summed E-state index contributed by atoms with van der Waals surface area (Å²) < 4.78 is 12.5. The Bertz CT molecular complexity index is 1350. The molecule has 4 aromatic rings. The number of pyridine rings is 1. The van der Waals surface area contributed by atoms with Gasteiger partial charge in [-0.2, -0.15) is 0 Å². The number of anilines is 1. The van der Waals surface area contributed by atoms with Crippen LogP contribution >= 0.6 is 0 Å². The second-order valence-corrected chi connectivity index (χ2v) is 9.41. The molecule has 1 aliphatic rings. The number of methoxy groups -OCH3 is 2. The SMILES string of the molecule is CCc1nc2c(OC)cccn2c1C(=O)NCc1ccc(N2CCC(c3ccc(OC)cc3)CC2)cc1. The van der Waals surface area contributed by atoms with Crippen LogP contribution in [0.15, 0.2) is 66.9 Å². The van der Waals surface area contributed by atoms with Crippen molar-refractivity contribution in [1.29, 1.82) is 0 Å². The average molecular weight is 499 g/mol. The molecule has 1 saturated heterocycles. The van der Waals surface area contributed by atoms with Gasteiger partial charge in [0.15, 0.2) is 11.4 Å². The molecule has 0 atom stereocenters. The van der Waals surface area contributed by atoms with Crippen LogP contribution in [0.25, 0.3) is 5.65 Å². The van der Waals surface area contributed by atoms with Gasteiger partial charge in [-0.15, -0.1) is 0 Å². The molecule has 0 unspecified atom stereocenters. The maximum Gasteiger partial charge on any atom is 0.270 e. The van der Waals surface area contributed by atoms with E-state index in [-0.39, 0.29) is 5.91 Å².